The molecule has 2 aromatic rings. The molecule has 2 aromatic carbocycles. The van der Waals surface area contributed by atoms with Gasteiger partial charge in [0.15, 0.2) is 0 Å². The fraction of sp³-hybridized carbons (Fsp3) is 0.190. The van der Waals surface area contributed by atoms with Gasteiger partial charge in [0.1, 0.15) is 17.2 Å². The molecule has 2 amide bonds. The van der Waals surface area contributed by atoms with Crippen LogP contribution in [0.5, 0.6) is 5.75 Å². The highest BCUT2D eigenvalue weighted by Gasteiger charge is 2.37. The van der Waals surface area contributed by atoms with E-state index in [0.29, 0.717) is 11.8 Å². The Bertz CT molecular complexity index is 1290. The molecule has 0 aliphatic carbocycles. The summed E-state index contributed by atoms with van der Waals surface area (Å²) in [6, 6.07) is 10.0. The number of benzene rings is 2. The quantitative estimate of drug-likeness (QED) is 0.171. The van der Waals surface area contributed by atoms with E-state index in [0.717, 1.165) is 29.2 Å². The van der Waals surface area contributed by atoms with Gasteiger partial charge in [0.25, 0.3) is 16.8 Å². The molecular formula is C21H18N2O9S2. The Balaban J connectivity index is 1.84. The maximum atomic E-state index is 12.7. The predicted octanol–water partition coefficient (Wildman–Crippen LogP) is 3.35. The number of ether oxygens (including phenoxy) is 1. The van der Waals surface area contributed by atoms with Gasteiger partial charge in [-0.05, 0) is 49.9 Å². The minimum atomic E-state index is -4.36. The highest BCUT2D eigenvalue weighted by molar-refractivity contribution is 8.18. The van der Waals surface area contributed by atoms with Crippen LogP contribution in [0.25, 0.3) is 6.08 Å². The molecule has 0 spiro atoms. The minimum absolute atomic E-state index is 0.0360. The zero-order valence-electron chi connectivity index (χ0n) is 17.9. The van der Waals surface area contributed by atoms with Crippen LogP contribution in [0.2, 0.25) is 0 Å². The summed E-state index contributed by atoms with van der Waals surface area (Å²) in [6.07, 6.45) is 0.865. The third-order valence-electron chi connectivity index (χ3n) is 4.27. The molecule has 13 heteroatoms. The number of nitro benzene ring substituents is 1. The van der Waals surface area contributed by atoms with E-state index in [1.54, 1.807) is 19.9 Å². The molecule has 1 aliphatic rings. The second kappa shape index (κ2) is 10.1. The first kappa shape index (κ1) is 24.9. The van der Waals surface area contributed by atoms with Crippen LogP contribution in [0, 0.1) is 10.1 Å². The van der Waals surface area contributed by atoms with Crippen molar-refractivity contribution in [3.8, 4) is 5.75 Å². The van der Waals surface area contributed by atoms with Crippen LogP contribution >= 0.6 is 11.8 Å². The van der Waals surface area contributed by atoms with E-state index in [4.69, 9.17) is 8.92 Å². The number of rotatable bonds is 8. The van der Waals surface area contributed by atoms with Gasteiger partial charge in [-0.1, -0.05) is 18.2 Å². The van der Waals surface area contributed by atoms with Crippen molar-refractivity contribution >= 4 is 50.8 Å². The Morgan fingerprint density at radius 1 is 1.15 bits per heavy atom. The van der Waals surface area contributed by atoms with Crippen molar-refractivity contribution < 1.29 is 36.6 Å². The number of nitrogens with zero attached hydrogens (tertiary/aromatic N) is 2. The summed E-state index contributed by atoms with van der Waals surface area (Å²) < 4.78 is 35.5. The molecule has 0 atom stereocenters. The average molecular weight is 507 g/mol. The maximum absolute atomic E-state index is 12.7. The highest BCUT2D eigenvalue weighted by Crippen LogP contribution is 2.34. The first-order chi connectivity index (χ1) is 16.0. The number of carbonyl (C=O) groups excluding carboxylic acids is 3. The molecule has 11 nitrogen and oxygen atoms in total. The van der Waals surface area contributed by atoms with Crippen LogP contribution < -0.4 is 4.18 Å². The van der Waals surface area contributed by atoms with Gasteiger partial charge in [-0.3, -0.25) is 29.4 Å². The SMILES string of the molecule is CC(C)OC(=O)CN1C(=O)S/C(=C\c2ccccc2OS(=O)(=O)c2ccc([N+](=O)[O-])cc2)C1=O. The minimum Gasteiger partial charge on any atom is -0.462 e. The monoisotopic (exact) mass is 506 g/mol. The van der Waals surface area contributed by atoms with Crippen molar-refractivity contribution in [2.75, 3.05) is 6.54 Å². The largest absolute Gasteiger partial charge is 0.462 e. The van der Waals surface area contributed by atoms with Gasteiger partial charge >= 0.3 is 16.1 Å². The van der Waals surface area contributed by atoms with Gasteiger partial charge in [-0.15, -0.1) is 0 Å². The van der Waals surface area contributed by atoms with Crippen molar-refractivity contribution in [2.24, 2.45) is 0 Å². The van der Waals surface area contributed by atoms with Crippen molar-refractivity contribution in [3.63, 3.8) is 0 Å². The fourth-order valence-electron chi connectivity index (χ4n) is 2.78. The number of para-hydroxylation sites is 1. The van der Waals surface area contributed by atoms with Crippen LogP contribution in [0.3, 0.4) is 0 Å². The van der Waals surface area contributed by atoms with Crippen molar-refractivity contribution in [3.05, 3.63) is 69.1 Å². The van der Waals surface area contributed by atoms with E-state index in [1.807, 2.05) is 0 Å². The smallest absolute Gasteiger partial charge is 0.339 e. The lowest BCUT2D eigenvalue weighted by atomic mass is 10.2. The third kappa shape index (κ3) is 5.80. The third-order valence-corrected chi connectivity index (χ3v) is 6.43. The second-order valence-corrected chi connectivity index (χ2v) is 9.67. The van der Waals surface area contributed by atoms with E-state index >= 15 is 0 Å². The average Bonchev–Trinajstić information content (AvgIpc) is 3.01. The zero-order chi connectivity index (χ0) is 25.0. The second-order valence-electron chi connectivity index (χ2n) is 7.13. The highest BCUT2D eigenvalue weighted by atomic mass is 32.2. The summed E-state index contributed by atoms with van der Waals surface area (Å²) >= 11 is 0.587. The molecule has 0 radical (unpaired) electrons. The lowest BCUT2D eigenvalue weighted by molar-refractivity contribution is -0.384. The van der Waals surface area contributed by atoms with Crippen molar-refractivity contribution in [2.45, 2.75) is 24.8 Å². The predicted molar refractivity (Wildman–Crippen MR) is 121 cm³/mol. The first-order valence-corrected chi connectivity index (χ1v) is 11.9. The van der Waals surface area contributed by atoms with Crippen LogP contribution in [-0.2, 0) is 24.4 Å². The van der Waals surface area contributed by atoms with E-state index in [9.17, 15) is 32.9 Å². The van der Waals surface area contributed by atoms with Crippen LogP contribution in [0.15, 0.2) is 58.3 Å². The number of carbonyl (C=O) groups is 3. The van der Waals surface area contributed by atoms with E-state index < -0.39 is 44.8 Å². The summed E-state index contributed by atoms with van der Waals surface area (Å²) in [5.41, 5.74) is -0.101. The Kier molecular flexibility index (Phi) is 7.37. The van der Waals surface area contributed by atoms with Gasteiger partial charge < -0.3 is 8.92 Å². The molecule has 1 heterocycles. The van der Waals surface area contributed by atoms with E-state index in [2.05, 4.69) is 0 Å². The standard InChI is InChI=1S/C21H18N2O9S2/c1-13(2)31-19(24)12-22-20(25)18(33-21(22)26)11-14-5-3-4-6-17(14)32-34(29,30)16-9-7-15(8-10-16)23(27)28/h3-11,13H,12H2,1-2H3/b18-11-. The molecule has 0 aromatic heterocycles. The van der Waals surface area contributed by atoms with Crippen molar-refractivity contribution in [1.29, 1.82) is 0 Å². The lowest BCUT2D eigenvalue weighted by Gasteiger charge is -2.13. The first-order valence-electron chi connectivity index (χ1n) is 9.71. The number of non-ortho nitro benzene ring substituents is 1. The molecular weight excluding hydrogens is 488 g/mol. The van der Waals surface area contributed by atoms with E-state index in [1.165, 1.54) is 24.3 Å². The van der Waals surface area contributed by atoms with E-state index in [-0.39, 0.29) is 26.8 Å². The number of thioether (sulfide) groups is 1. The topological polar surface area (TPSA) is 150 Å². The maximum Gasteiger partial charge on any atom is 0.339 e. The number of esters is 1. The van der Waals surface area contributed by atoms with Gasteiger partial charge in [0.2, 0.25) is 0 Å². The van der Waals surface area contributed by atoms with Gasteiger partial charge in [-0.2, -0.15) is 8.42 Å². The normalized spacial score (nSPS) is 15.1. The van der Waals surface area contributed by atoms with Crippen LogP contribution in [0.4, 0.5) is 10.5 Å². The Morgan fingerprint density at radius 3 is 2.41 bits per heavy atom. The summed E-state index contributed by atoms with van der Waals surface area (Å²) in [7, 11) is -4.36. The van der Waals surface area contributed by atoms with Gasteiger partial charge in [-0.25, -0.2) is 0 Å². The Hall–Kier alpha value is -3.71. The molecule has 1 saturated heterocycles. The number of amides is 2. The summed E-state index contributed by atoms with van der Waals surface area (Å²) in [5.74, 6) is -1.60. The van der Waals surface area contributed by atoms with Crippen molar-refractivity contribution in [1.82, 2.24) is 4.90 Å². The molecule has 3 rings (SSSR count). The van der Waals surface area contributed by atoms with Gasteiger partial charge in [0, 0.05) is 17.7 Å². The number of hydrogen-bond acceptors (Lipinski definition) is 10. The number of hydrogen-bond donors (Lipinski definition) is 0. The number of nitro groups is 1. The summed E-state index contributed by atoms with van der Waals surface area (Å²) in [6.45, 7) is 2.72. The summed E-state index contributed by atoms with van der Waals surface area (Å²) in [5, 5.41) is 10.1. The molecule has 178 valence electrons. The van der Waals surface area contributed by atoms with Crippen LogP contribution in [-0.4, -0.2) is 48.0 Å². The molecule has 0 unspecified atom stereocenters. The molecule has 0 bridgehead atoms. The zero-order valence-corrected chi connectivity index (χ0v) is 19.5. The fourth-order valence-corrected chi connectivity index (χ4v) is 4.57. The lowest BCUT2D eigenvalue weighted by Crippen LogP contribution is -2.35. The molecule has 0 N–H and O–H groups in total. The number of imide groups is 1. The Morgan fingerprint density at radius 2 is 1.79 bits per heavy atom. The van der Waals surface area contributed by atoms with Crippen LogP contribution in [0.1, 0.15) is 19.4 Å². The van der Waals surface area contributed by atoms with Gasteiger partial charge in [0.05, 0.1) is 15.9 Å². The molecule has 34 heavy (non-hydrogen) atoms. The summed E-state index contributed by atoms with van der Waals surface area (Å²) in [4.78, 5) is 47.2. The molecule has 1 aliphatic heterocycles. The Labute approximate surface area is 198 Å². The molecule has 0 saturated carbocycles. The molecule has 1 fully saturated rings.